The van der Waals surface area contributed by atoms with E-state index in [0.29, 0.717) is 23.7 Å². The van der Waals surface area contributed by atoms with Crippen LogP contribution in [0.3, 0.4) is 0 Å². The zero-order valence-corrected chi connectivity index (χ0v) is 17.3. The molecule has 1 saturated heterocycles. The molecule has 0 unspecified atom stereocenters. The number of benzene rings is 2. The monoisotopic (exact) mass is 446 g/mol. The van der Waals surface area contributed by atoms with E-state index in [2.05, 4.69) is 11.9 Å². The molecule has 2 aromatic rings. The summed E-state index contributed by atoms with van der Waals surface area (Å²) in [5, 5.41) is 2.58. The molecule has 0 spiro atoms. The lowest BCUT2D eigenvalue weighted by Gasteiger charge is -2.26. The summed E-state index contributed by atoms with van der Waals surface area (Å²) in [6, 6.07) is 8.28. The van der Waals surface area contributed by atoms with Gasteiger partial charge in [0.2, 0.25) is 0 Å². The molecule has 1 heterocycles. The zero-order valence-electron chi connectivity index (χ0n) is 15.8. The van der Waals surface area contributed by atoms with Crippen LogP contribution in [0.4, 0.5) is 10.5 Å². The number of amides is 4. The summed E-state index contributed by atoms with van der Waals surface area (Å²) >= 11 is 11.9. The topological polar surface area (TPSA) is 84.9 Å². The summed E-state index contributed by atoms with van der Waals surface area (Å²) in [4.78, 5) is 38.4. The second kappa shape index (κ2) is 9.02. The predicted octanol–water partition coefficient (Wildman–Crippen LogP) is 4.23. The number of imide groups is 2. The van der Waals surface area contributed by atoms with Crippen molar-refractivity contribution in [3.63, 3.8) is 0 Å². The normalized spacial score (nSPS) is 15.2. The maximum atomic E-state index is 12.9. The Labute approximate surface area is 182 Å². The lowest BCUT2D eigenvalue weighted by atomic mass is 10.1. The standard InChI is InChI=1S/C21H16Cl2N2O5/c1-3-8-30-17-7-4-12(10-18(17)29-2)9-14-19(26)24-21(28)25(20(14)27)13-5-6-15(22)16(23)11-13/h3-7,9-11H,1,8H2,2H3,(H,24,26,28)/b14-9+. The summed E-state index contributed by atoms with van der Waals surface area (Å²) in [6.45, 7) is 3.88. The number of hydrogen-bond donors (Lipinski definition) is 1. The number of ether oxygens (including phenoxy) is 2. The predicted molar refractivity (Wildman–Crippen MR) is 114 cm³/mol. The second-order valence-electron chi connectivity index (χ2n) is 6.07. The molecule has 0 bridgehead atoms. The molecule has 0 aromatic heterocycles. The van der Waals surface area contributed by atoms with E-state index < -0.39 is 17.8 Å². The van der Waals surface area contributed by atoms with Gasteiger partial charge < -0.3 is 9.47 Å². The van der Waals surface area contributed by atoms with Gasteiger partial charge in [-0.15, -0.1) is 0 Å². The van der Waals surface area contributed by atoms with Crippen molar-refractivity contribution in [3.8, 4) is 11.5 Å². The van der Waals surface area contributed by atoms with Crippen molar-refractivity contribution in [3.05, 3.63) is 70.2 Å². The fourth-order valence-corrected chi connectivity index (χ4v) is 3.02. The van der Waals surface area contributed by atoms with Gasteiger partial charge in [0.15, 0.2) is 11.5 Å². The number of hydrogen-bond acceptors (Lipinski definition) is 5. The van der Waals surface area contributed by atoms with Gasteiger partial charge in [-0.3, -0.25) is 14.9 Å². The highest BCUT2D eigenvalue weighted by atomic mass is 35.5. The molecule has 7 nitrogen and oxygen atoms in total. The number of nitrogens with one attached hydrogen (secondary N) is 1. The van der Waals surface area contributed by atoms with E-state index in [4.69, 9.17) is 32.7 Å². The Hall–Kier alpha value is -3.29. The second-order valence-corrected chi connectivity index (χ2v) is 6.88. The number of anilines is 1. The molecule has 4 amide bonds. The van der Waals surface area contributed by atoms with Crippen LogP contribution in [-0.4, -0.2) is 31.6 Å². The number of rotatable bonds is 6. The molecular weight excluding hydrogens is 431 g/mol. The van der Waals surface area contributed by atoms with Crippen LogP contribution in [0, 0.1) is 0 Å². The summed E-state index contributed by atoms with van der Waals surface area (Å²) < 4.78 is 10.8. The summed E-state index contributed by atoms with van der Waals surface area (Å²) in [7, 11) is 1.47. The van der Waals surface area contributed by atoms with E-state index in [9.17, 15) is 14.4 Å². The largest absolute Gasteiger partial charge is 0.493 e. The first-order valence-corrected chi connectivity index (χ1v) is 9.39. The first kappa shape index (κ1) is 21.4. The number of barbiturate groups is 1. The van der Waals surface area contributed by atoms with Crippen LogP contribution in [-0.2, 0) is 9.59 Å². The summed E-state index contributed by atoms with van der Waals surface area (Å²) in [5.74, 6) is -0.723. The number of methoxy groups -OCH3 is 1. The van der Waals surface area contributed by atoms with Crippen LogP contribution in [0.5, 0.6) is 11.5 Å². The molecule has 154 valence electrons. The molecule has 9 heteroatoms. The lowest BCUT2D eigenvalue weighted by molar-refractivity contribution is -0.122. The van der Waals surface area contributed by atoms with Gasteiger partial charge in [0.1, 0.15) is 12.2 Å². The molecule has 1 N–H and O–H groups in total. The van der Waals surface area contributed by atoms with Crippen molar-refractivity contribution < 1.29 is 23.9 Å². The quantitative estimate of drug-likeness (QED) is 0.407. The van der Waals surface area contributed by atoms with E-state index in [1.807, 2.05) is 0 Å². The van der Waals surface area contributed by atoms with Crippen LogP contribution >= 0.6 is 23.2 Å². The van der Waals surface area contributed by atoms with Crippen LogP contribution in [0.1, 0.15) is 5.56 Å². The van der Waals surface area contributed by atoms with Gasteiger partial charge in [-0.1, -0.05) is 41.9 Å². The molecule has 0 atom stereocenters. The van der Waals surface area contributed by atoms with E-state index in [1.165, 1.54) is 31.4 Å². The van der Waals surface area contributed by atoms with Gasteiger partial charge >= 0.3 is 6.03 Å². The number of nitrogens with zero attached hydrogens (tertiary/aromatic N) is 1. The Kier molecular flexibility index (Phi) is 6.44. The van der Waals surface area contributed by atoms with E-state index in [0.717, 1.165) is 4.90 Å². The van der Waals surface area contributed by atoms with Crippen LogP contribution in [0.2, 0.25) is 10.0 Å². The molecule has 3 rings (SSSR count). The fourth-order valence-electron chi connectivity index (χ4n) is 2.72. The Morgan fingerprint density at radius 2 is 1.83 bits per heavy atom. The first-order valence-electron chi connectivity index (χ1n) is 8.64. The minimum atomic E-state index is -0.883. The summed E-state index contributed by atoms with van der Waals surface area (Å²) in [5.41, 5.74) is 0.443. The number of urea groups is 1. The maximum Gasteiger partial charge on any atom is 0.335 e. The zero-order chi connectivity index (χ0) is 21.8. The van der Waals surface area contributed by atoms with Gasteiger partial charge in [0.25, 0.3) is 11.8 Å². The summed E-state index contributed by atoms with van der Waals surface area (Å²) in [6.07, 6.45) is 2.95. The Morgan fingerprint density at radius 1 is 1.07 bits per heavy atom. The lowest BCUT2D eigenvalue weighted by Crippen LogP contribution is -2.54. The highest BCUT2D eigenvalue weighted by molar-refractivity contribution is 6.43. The van der Waals surface area contributed by atoms with Crippen molar-refractivity contribution in [2.24, 2.45) is 0 Å². The van der Waals surface area contributed by atoms with Crippen molar-refractivity contribution in [2.75, 3.05) is 18.6 Å². The highest BCUT2D eigenvalue weighted by Gasteiger charge is 2.37. The third-order valence-corrected chi connectivity index (χ3v) is 4.86. The number of halogens is 2. The molecule has 1 aliphatic rings. The smallest absolute Gasteiger partial charge is 0.335 e. The van der Waals surface area contributed by atoms with Gasteiger partial charge in [0, 0.05) is 0 Å². The van der Waals surface area contributed by atoms with Gasteiger partial charge in [0.05, 0.1) is 22.8 Å². The Balaban J connectivity index is 1.98. The van der Waals surface area contributed by atoms with Crippen LogP contribution < -0.4 is 19.7 Å². The minimum Gasteiger partial charge on any atom is -0.493 e. The SMILES string of the molecule is C=CCOc1ccc(/C=C2\C(=O)NC(=O)N(c3ccc(Cl)c(Cl)c3)C2=O)cc1OC. The third-order valence-electron chi connectivity index (χ3n) is 4.12. The maximum absolute atomic E-state index is 12.9. The number of carbonyl (C=O) groups is 3. The van der Waals surface area contributed by atoms with E-state index in [-0.39, 0.29) is 21.3 Å². The Bertz CT molecular complexity index is 1080. The van der Waals surface area contributed by atoms with Crippen LogP contribution in [0.25, 0.3) is 6.08 Å². The van der Waals surface area contributed by atoms with Crippen LogP contribution in [0.15, 0.2) is 54.6 Å². The minimum absolute atomic E-state index is 0.164. The van der Waals surface area contributed by atoms with Crippen molar-refractivity contribution in [1.82, 2.24) is 5.32 Å². The molecule has 0 aliphatic carbocycles. The van der Waals surface area contributed by atoms with Gasteiger partial charge in [-0.25, -0.2) is 9.69 Å². The average Bonchev–Trinajstić information content (AvgIpc) is 2.72. The molecule has 2 aromatic carbocycles. The fraction of sp³-hybridized carbons (Fsp3) is 0.0952. The Morgan fingerprint density at radius 3 is 2.50 bits per heavy atom. The van der Waals surface area contributed by atoms with Crippen molar-refractivity contribution in [2.45, 2.75) is 0 Å². The first-order chi connectivity index (χ1) is 14.3. The van der Waals surface area contributed by atoms with E-state index >= 15 is 0 Å². The van der Waals surface area contributed by atoms with E-state index in [1.54, 1.807) is 24.3 Å². The molecule has 0 saturated carbocycles. The number of carbonyl (C=O) groups excluding carboxylic acids is 3. The van der Waals surface area contributed by atoms with Crippen molar-refractivity contribution in [1.29, 1.82) is 0 Å². The molecule has 1 fully saturated rings. The molecule has 30 heavy (non-hydrogen) atoms. The van der Waals surface area contributed by atoms with Gasteiger partial charge in [-0.2, -0.15) is 0 Å². The molecule has 1 aliphatic heterocycles. The average molecular weight is 447 g/mol. The molecule has 0 radical (unpaired) electrons. The van der Waals surface area contributed by atoms with Gasteiger partial charge in [-0.05, 0) is 42.0 Å². The molecular formula is C21H16Cl2N2O5. The van der Waals surface area contributed by atoms with Crippen molar-refractivity contribution >= 4 is 52.8 Å². The third kappa shape index (κ3) is 4.32. The highest BCUT2D eigenvalue weighted by Crippen LogP contribution is 2.31.